The van der Waals surface area contributed by atoms with Crippen LogP contribution in [0.15, 0.2) is 60.7 Å². The molecule has 6 heteroatoms. The fourth-order valence-electron chi connectivity index (χ4n) is 3.34. The predicted octanol–water partition coefficient (Wildman–Crippen LogP) is 5.02. The summed E-state index contributed by atoms with van der Waals surface area (Å²) in [4.78, 5) is 39.3. The summed E-state index contributed by atoms with van der Waals surface area (Å²) in [5.41, 5.74) is 3.49. The van der Waals surface area contributed by atoms with E-state index in [1.54, 1.807) is 42.5 Å². The molecular formula is C24H18ClNO4. The Morgan fingerprint density at radius 1 is 0.900 bits per heavy atom. The van der Waals surface area contributed by atoms with Crippen LogP contribution in [0.5, 0.6) is 5.75 Å². The van der Waals surface area contributed by atoms with Gasteiger partial charge in [-0.2, -0.15) is 0 Å². The summed E-state index contributed by atoms with van der Waals surface area (Å²) in [5, 5.41) is 0.342. The molecule has 0 aliphatic carbocycles. The molecule has 30 heavy (non-hydrogen) atoms. The molecule has 0 aromatic heterocycles. The van der Waals surface area contributed by atoms with Crippen LogP contribution in [0.25, 0.3) is 0 Å². The normalized spacial score (nSPS) is 12.8. The van der Waals surface area contributed by atoms with Gasteiger partial charge in [0.25, 0.3) is 11.8 Å². The van der Waals surface area contributed by atoms with Crippen LogP contribution in [0.1, 0.15) is 42.2 Å². The second-order valence-corrected chi connectivity index (χ2v) is 7.55. The third-order valence-electron chi connectivity index (χ3n) is 5.14. The third kappa shape index (κ3) is 3.48. The minimum atomic E-state index is -0.455. The van der Waals surface area contributed by atoms with Crippen molar-refractivity contribution in [3.63, 3.8) is 0 Å². The number of ketones is 1. The van der Waals surface area contributed by atoms with Crippen LogP contribution in [0, 0.1) is 13.8 Å². The van der Waals surface area contributed by atoms with Crippen LogP contribution in [-0.2, 0) is 0 Å². The average Bonchev–Trinajstić information content (AvgIpc) is 2.99. The van der Waals surface area contributed by atoms with Gasteiger partial charge in [-0.3, -0.25) is 14.4 Å². The van der Waals surface area contributed by atoms with Crippen LogP contribution in [0.4, 0.5) is 5.69 Å². The number of Topliss-reactive ketones (excluding diaryl/α,β-unsaturated/α-hetero) is 1. The molecule has 4 rings (SSSR count). The Hall–Kier alpha value is -3.44. The highest BCUT2D eigenvalue weighted by Gasteiger charge is 2.38. The molecule has 0 N–H and O–H groups in total. The van der Waals surface area contributed by atoms with Crippen LogP contribution in [0.2, 0.25) is 5.02 Å². The molecule has 1 aliphatic heterocycles. The number of carbonyl (C=O) groups is 3. The molecule has 0 bridgehead atoms. The summed E-state index contributed by atoms with van der Waals surface area (Å²) >= 11 is 6.12. The molecule has 1 heterocycles. The van der Waals surface area contributed by atoms with Crippen molar-refractivity contribution in [3.8, 4) is 5.75 Å². The average molecular weight is 420 g/mol. The number of amides is 2. The molecule has 1 aliphatic rings. The van der Waals surface area contributed by atoms with Gasteiger partial charge in [-0.25, -0.2) is 4.90 Å². The number of ether oxygens (including phenoxy) is 1. The highest BCUT2D eigenvalue weighted by atomic mass is 35.5. The number of benzene rings is 3. The highest BCUT2D eigenvalue weighted by molar-refractivity contribution is 6.36. The van der Waals surface area contributed by atoms with Crippen LogP contribution < -0.4 is 9.64 Å². The zero-order valence-corrected chi connectivity index (χ0v) is 17.2. The largest absolute Gasteiger partial charge is 0.483 e. The van der Waals surface area contributed by atoms with Crippen LogP contribution >= 0.6 is 11.6 Å². The topological polar surface area (TPSA) is 63.7 Å². The second kappa shape index (κ2) is 7.76. The number of aryl methyl sites for hydroxylation is 2. The fraction of sp³-hybridized carbons (Fsp3) is 0.125. The maximum Gasteiger partial charge on any atom is 0.266 e. The van der Waals surface area contributed by atoms with Crippen LogP contribution in [0.3, 0.4) is 0 Å². The number of rotatable bonds is 5. The molecule has 0 radical (unpaired) electrons. The lowest BCUT2D eigenvalue weighted by atomic mass is 10.0. The Balaban J connectivity index is 1.62. The Morgan fingerprint density at radius 3 is 2.20 bits per heavy atom. The third-order valence-corrected chi connectivity index (χ3v) is 5.38. The highest BCUT2D eigenvalue weighted by Crippen LogP contribution is 2.36. The van der Waals surface area contributed by atoms with Crippen molar-refractivity contribution < 1.29 is 19.1 Å². The molecular weight excluding hydrogens is 402 g/mol. The first-order valence-electron chi connectivity index (χ1n) is 9.37. The molecule has 0 unspecified atom stereocenters. The molecule has 5 nitrogen and oxygen atoms in total. The zero-order chi connectivity index (χ0) is 21.4. The smallest absolute Gasteiger partial charge is 0.266 e. The van der Waals surface area contributed by atoms with Crippen molar-refractivity contribution >= 4 is 34.9 Å². The Morgan fingerprint density at radius 2 is 1.57 bits per heavy atom. The van der Waals surface area contributed by atoms with Crippen molar-refractivity contribution in [1.29, 1.82) is 0 Å². The SMILES string of the molecule is Cc1ccc(C(=O)COc2ccc(Cl)cc2N2C(=O)c3ccccc3C2=O)cc1C. The van der Waals surface area contributed by atoms with Crippen molar-refractivity contribution in [3.05, 3.63) is 93.5 Å². The number of imide groups is 1. The summed E-state index contributed by atoms with van der Waals surface area (Å²) in [6.07, 6.45) is 0. The minimum absolute atomic E-state index is 0.207. The first-order chi connectivity index (χ1) is 14.4. The number of carbonyl (C=O) groups excluding carboxylic acids is 3. The number of anilines is 1. The standard InChI is InChI=1S/C24H18ClNO4/c1-14-7-8-16(11-15(14)2)21(27)13-30-22-10-9-17(25)12-20(22)26-23(28)18-5-3-4-6-19(18)24(26)29/h3-12H,13H2,1-2H3. The predicted molar refractivity (Wildman–Crippen MR) is 115 cm³/mol. The summed E-state index contributed by atoms with van der Waals surface area (Å²) in [7, 11) is 0. The summed E-state index contributed by atoms with van der Waals surface area (Å²) in [6, 6.07) is 16.7. The second-order valence-electron chi connectivity index (χ2n) is 7.11. The number of hydrogen-bond acceptors (Lipinski definition) is 4. The zero-order valence-electron chi connectivity index (χ0n) is 16.4. The Kier molecular flexibility index (Phi) is 5.14. The van der Waals surface area contributed by atoms with E-state index in [1.807, 2.05) is 26.0 Å². The Bertz CT molecular complexity index is 1170. The van der Waals surface area contributed by atoms with Gasteiger partial charge in [0.2, 0.25) is 0 Å². The lowest BCUT2D eigenvalue weighted by Crippen LogP contribution is -2.30. The molecule has 0 saturated heterocycles. The van der Waals surface area contributed by atoms with E-state index in [0.717, 1.165) is 16.0 Å². The van der Waals surface area contributed by atoms with E-state index >= 15 is 0 Å². The monoisotopic (exact) mass is 419 g/mol. The minimum Gasteiger partial charge on any atom is -0.483 e. The first kappa shape index (κ1) is 19.9. The van der Waals surface area contributed by atoms with E-state index in [1.165, 1.54) is 6.07 Å². The van der Waals surface area contributed by atoms with E-state index in [9.17, 15) is 14.4 Å². The number of nitrogens with zero attached hydrogens (tertiary/aromatic N) is 1. The number of fused-ring (bicyclic) bond motifs is 1. The summed E-state index contributed by atoms with van der Waals surface area (Å²) in [6.45, 7) is 3.68. The van der Waals surface area contributed by atoms with Gasteiger partial charge in [0, 0.05) is 10.6 Å². The van der Waals surface area contributed by atoms with Crippen molar-refractivity contribution in [2.24, 2.45) is 0 Å². The lowest BCUT2D eigenvalue weighted by molar-refractivity contribution is 0.0922. The molecule has 0 atom stereocenters. The van der Waals surface area contributed by atoms with Crippen molar-refractivity contribution in [2.75, 3.05) is 11.5 Å². The van der Waals surface area contributed by atoms with E-state index < -0.39 is 11.8 Å². The van der Waals surface area contributed by atoms with Gasteiger partial charge in [0.15, 0.2) is 12.4 Å². The first-order valence-corrected chi connectivity index (χ1v) is 9.75. The van der Waals surface area contributed by atoms with Gasteiger partial charge in [-0.15, -0.1) is 0 Å². The summed E-state index contributed by atoms with van der Waals surface area (Å²) < 4.78 is 5.73. The quantitative estimate of drug-likeness (QED) is 0.430. The molecule has 3 aromatic rings. The van der Waals surface area contributed by atoms with Gasteiger partial charge < -0.3 is 4.74 Å². The Labute approximate surface area is 178 Å². The van der Waals surface area contributed by atoms with Gasteiger partial charge in [-0.1, -0.05) is 35.9 Å². The van der Waals surface area contributed by atoms with Gasteiger partial charge in [-0.05, 0) is 61.4 Å². The molecule has 3 aromatic carbocycles. The van der Waals surface area contributed by atoms with Crippen molar-refractivity contribution in [1.82, 2.24) is 0 Å². The molecule has 150 valence electrons. The van der Waals surface area contributed by atoms with Crippen molar-refractivity contribution in [2.45, 2.75) is 13.8 Å². The lowest BCUT2D eigenvalue weighted by Gasteiger charge is -2.18. The van der Waals surface area contributed by atoms with Gasteiger partial charge in [0.05, 0.1) is 16.8 Å². The maximum absolute atomic E-state index is 12.8. The molecule has 0 spiro atoms. The van der Waals surface area contributed by atoms with Gasteiger partial charge >= 0.3 is 0 Å². The van der Waals surface area contributed by atoms with Gasteiger partial charge in [0.1, 0.15) is 5.75 Å². The maximum atomic E-state index is 12.8. The molecule has 0 fully saturated rings. The van der Waals surface area contributed by atoms with E-state index in [2.05, 4.69) is 0 Å². The molecule has 0 saturated carbocycles. The summed E-state index contributed by atoms with van der Waals surface area (Å²) in [5.74, 6) is -0.890. The molecule has 2 amide bonds. The fourth-order valence-corrected chi connectivity index (χ4v) is 3.50. The van der Waals surface area contributed by atoms with E-state index in [-0.39, 0.29) is 23.8 Å². The van der Waals surface area contributed by atoms with E-state index in [0.29, 0.717) is 21.7 Å². The number of hydrogen-bond donors (Lipinski definition) is 0. The van der Waals surface area contributed by atoms with Crippen LogP contribution in [-0.4, -0.2) is 24.2 Å². The van der Waals surface area contributed by atoms with E-state index in [4.69, 9.17) is 16.3 Å². The number of halogens is 1.